The minimum atomic E-state index is -0.311. The fourth-order valence-electron chi connectivity index (χ4n) is 2.84. The van der Waals surface area contributed by atoms with Crippen LogP contribution in [0, 0.1) is 0 Å². The third-order valence-electron chi connectivity index (χ3n) is 3.96. The molecule has 3 rings (SSSR count). The van der Waals surface area contributed by atoms with Gasteiger partial charge in [0, 0.05) is 10.6 Å². The van der Waals surface area contributed by atoms with Crippen molar-refractivity contribution in [2.75, 3.05) is 6.54 Å². The Balaban J connectivity index is 1.54. The van der Waals surface area contributed by atoms with E-state index in [-0.39, 0.29) is 24.4 Å². The van der Waals surface area contributed by atoms with Crippen molar-refractivity contribution in [3.63, 3.8) is 0 Å². The van der Waals surface area contributed by atoms with E-state index in [4.69, 9.17) is 11.6 Å². The smallest absolute Gasteiger partial charge is 0.251 e. The Labute approximate surface area is 139 Å². The van der Waals surface area contributed by atoms with Crippen molar-refractivity contribution in [2.45, 2.75) is 18.9 Å². The molecule has 0 aliphatic heterocycles. The second kappa shape index (κ2) is 6.84. The van der Waals surface area contributed by atoms with Crippen LogP contribution in [0.5, 0.6) is 0 Å². The van der Waals surface area contributed by atoms with E-state index in [1.807, 2.05) is 18.2 Å². The van der Waals surface area contributed by atoms with Crippen LogP contribution in [0.1, 0.15) is 33.9 Å². The first kappa shape index (κ1) is 15.6. The van der Waals surface area contributed by atoms with Crippen molar-refractivity contribution < 1.29 is 9.59 Å². The van der Waals surface area contributed by atoms with Crippen molar-refractivity contribution in [1.29, 1.82) is 0 Å². The molecule has 0 spiro atoms. The Hall–Kier alpha value is -2.33. The molecule has 2 aromatic rings. The van der Waals surface area contributed by atoms with Gasteiger partial charge in [-0.1, -0.05) is 41.9 Å². The molecule has 1 aliphatic carbocycles. The number of carbonyl (C=O) groups excluding carboxylic acids is 2. The van der Waals surface area contributed by atoms with Crippen LogP contribution < -0.4 is 10.6 Å². The van der Waals surface area contributed by atoms with Gasteiger partial charge in [-0.15, -0.1) is 0 Å². The Kier molecular flexibility index (Phi) is 4.63. The number of benzene rings is 2. The van der Waals surface area contributed by atoms with Crippen molar-refractivity contribution in [1.82, 2.24) is 10.6 Å². The van der Waals surface area contributed by atoms with Gasteiger partial charge in [0.25, 0.3) is 5.91 Å². The van der Waals surface area contributed by atoms with Gasteiger partial charge in [-0.2, -0.15) is 0 Å². The number of hydrogen-bond donors (Lipinski definition) is 2. The normalized spacial score (nSPS) is 15.8. The minimum absolute atomic E-state index is 0.0294. The summed E-state index contributed by atoms with van der Waals surface area (Å²) in [5.41, 5.74) is 2.89. The van der Waals surface area contributed by atoms with E-state index in [0.717, 1.165) is 12.8 Å². The molecule has 5 heteroatoms. The molecule has 4 nitrogen and oxygen atoms in total. The molecule has 1 aliphatic rings. The van der Waals surface area contributed by atoms with E-state index in [0.29, 0.717) is 10.6 Å². The first-order chi connectivity index (χ1) is 11.1. The zero-order valence-electron chi connectivity index (χ0n) is 12.5. The van der Waals surface area contributed by atoms with E-state index in [1.54, 1.807) is 24.3 Å². The van der Waals surface area contributed by atoms with E-state index >= 15 is 0 Å². The fraction of sp³-hybridized carbons (Fsp3) is 0.222. The Morgan fingerprint density at radius 2 is 1.96 bits per heavy atom. The van der Waals surface area contributed by atoms with E-state index in [9.17, 15) is 9.59 Å². The van der Waals surface area contributed by atoms with Crippen LogP contribution in [0.2, 0.25) is 5.02 Å². The third-order valence-corrected chi connectivity index (χ3v) is 4.20. The molecule has 118 valence electrons. The van der Waals surface area contributed by atoms with Gasteiger partial charge in [0.1, 0.15) is 0 Å². The van der Waals surface area contributed by atoms with Crippen molar-refractivity contribution in [3.8, 4) is 0 Å². The van der Waals surface area contributed by atoms with Crippen molar-refractivity contribution in [2.24, 2.45) is 0 Å². The zero-order valence-corrected chi connectivity index (χ0v) is 13.3. The summed E-state index contributed by atoms with van der Waals surface area (Å²) in [6, 6.07) is 14.8. The highest BCUT2D eigenvalue weighted by Gasteiger charge is 2.23. The summed E-state index contributed by atoms with van der Waals surface area (Å²) in [5, 5.41) is 6.08. The minimum Gasteiger partial charge on any atom is -0.348 e. The summed E-state index contributed by atoms with van der Waals surface area (Å²) in [4.78, 5) is 24.0. The topological polar surface area (TPSA) is 58.2 Å². The molecule has 1 unspecified atom stereocenters. The monoisotopic (exact) mass is 328 g/mol. The highest BCUT2D eigenvalue weighted by molar-refractivity contribution is 6.30. The lowest BCUT2D eigenvalue weighted by atomic mass is 10.1. The number of rotatable bonds is 4. The molecule has 0 saturated heterocycles. The second-order valence-corrected chi connectivity index (χ2v) is 5.99. The maximum atomic E-state index is 12.1. The lowest BCUT2D eigenvalue weighted by Gasteiger charge is -2.14. The van der Waals surface area contributed by atoms with Crippen LogP contribution >= 0.6 is 11.6 Å². The number of carbonyl (C=O) groups is 2. The van der Waals surface area contributed by atoms with Gasteiger partial charge in [-0.05, 0) is 42.2 Å². The fourth-order valence-corrected chi connectivity index (χ4v) is 3.04. The maximum Gasteiger partial charge on any atom is 0.251 e. The number of hydrogen-bond acceptors (Lipinski definition) is 2. The highest BCUT2D eigenvalue weighted by atomic mass is 35.5. The second-order valence-electron chi connectivity index (χ2n) is 5.55. The van der Waals surface area contributed by atoms with Crippen LogP contribution in [0.15, 0.2) is 48.5 Å². The predicted octanol–water partition coefficient (Wildman–Crippen LogP) is 2.87. The number of nitrogens with one attached hydrogen (secondary N) is 2. The van der Waals surface area contributed by atoms with E-state index < -0.39 is 0 Å². The summed E-state index contributed by atoms with van der Waals surface area (Å²) >= 11 is 5.85. The van der Waals surface area contributed by atoms with Crippen LogP contribution in [-0.4, -0.2) is 18.4 Å². The summed E-state index contributed by atoms with van der Waals surface area (Å²) in [5.74, 6) is -0.503. The summed E-state index contributed by atoms with van der Waals surface area (Å²) in [6.45, 7) is -0.0516. The third kappa shape index (κ3) is 3.71. The molecule has 2 N–H and O–H groups in total. The first-order valence-electron chi connectivity index (χ1n) is 7.54. The molecule has 0 saturated carbocycles. The molecule has 2 amide bonds. The number of halogens is 1. The van der Waals surface area contributed by atoms with Crippen LogP contribution in [0.3, 0.4) is 0 Å². The number of amides is 2. The van der Waals surface area contributed by atoms with Crippen LogP contribution in [0.25, 0.3) is 0 Å². The first-order valence-corrected chi connectivity index (χ1v) is 7.92. The standard InChI is InChI=1S/C18H17ClN2O2/c19-14-6-3-5-13(10-14)18(23)20-11-17(22)21-16-9-8-12-4-1-2-7-15(12)16/h1-7,10,16H,8-9,11H2,(H,20,23)(H,21,22). The summed E-state index contributed by atoms with van der Waals surface area (Å²) < 4.78 is 0. The Bertz CT molecular complexity index is 745. The predicted molar refractivity (Wildman–Crippen MR) is 89.4 cm³/mol. The van der Waals surface area contributed by atoms with Gasteiger partial charge in [0.05, 0.1) is 12.6 Å². The molecule has 0 bridgehead atoms. The lowest BCUT2D eigenvalue weighted by molar-refractivity contribution is -0.120. The summed E-state index contributed by atoms with van der Waals surface area (Å²) in [6.07, 6.45) is 1.86. The number of fused-ring (bicyclic) bond motifs is 1. The van der Waals surface area contributed by atoms with E-state index in [1.165, 1.54) is 11.1 Å². The molecule has 2 aromatic carbocycles. The molecule has 0 heterocycles. The molecule has 0 fully saturated rings. The average molecular weight is 329 g/mol. The maximum absolute atomic E-state index is 12.1. The highest BCUT2D eigenvalue weighted by Crippen LogP contribution is 2.30. The SMILES string of the molecule is O=C(CNC(=O)c1cccc(Cl)c1)NC1CCc2ccccc21. The molecule has 0 radical (unpaired) electrons. The molecule has 1 atom stereocenters. The van der Waals surface area contributed by atoms with Gasteiger partial charge in [-0.3, -0.25) is 9.59 Å². The number of aryl methyl sites for hydroxylation is 1. The van der Waals surface area contributed by atoms with Crippen molar-refractivity contribution >= 4 is 23.4 Å². The van der Waals surface area contributed by atoms with Crippen LogP contribution in [-0.2, 0) is 11.2 Å². The van der Waals surface area contributed by atoms with Crippen LogP contribution in [0.4, 0.5) is 0 Å². The Morgan fingerprint density at radius 3 is 2.78 bits per heavy atom. The summed E-state index contributed by atoms with van der Waals surface area (Å²) in [7, 11) is 0. The zero-order chi connectivity index (χ0) is 16.2. The average Bonchev–Trinajstić information content (AvgIpc) is 2.96. The van der Waals surface area contributed by atoms with Gasteiger partial charge in [0.15, 0.2) is 0 Å². The lowest BCUT2D eigenvalue weighted by Crippen LogP contribution is -2.38. The van der Waals surface area contributed by atoms with Gasteiger partial charge < -0.3 is 10.6 Å². The molecular formula is C18H17ClN2O2. The largest absolute Gasteiger partial charge is 0.348 e. The van der Waals surface area contributed by atoms with Gasteiger partial charge >= 0.3 is 0 Å². The quantitative estimate of drug-likeness (QED) is 0.906. The molecule has 0 aromatic heterocycles. The molecular weight excluding hydrogens is 312 g/mol. The van der Waals surface area contributed by atoms with Crippen molar-refractivity contribution in [3.05, 3.63) is 70.2 Å². The van der Waals surface area contributed by atoms with Gasteiger partial charge in [-0.25, -0.2) is 0 Å². The molecule has 23 heavy (non-hydrogen) atoms. The Morgan fingerprint density at radius 1 is 1.13 bits per heavy atom. The van der Waals surface area contributed by atoms with E-state index in [2.05, 4.69) is 16.7 Å². The van der Waals surface area contributed by atoms with Gasteiger partial charge in [0.2, 0.25) is 5.91 Å².